The van der Waals surface area contributed by atoms with Crippen LogP contribution < -0.4 is 15.4 Å². The number of phenols is 1. The lowest BCUT2D eigenvalue weighted by Gasteiger charge is -2.32. The number of nitrogens with one attached hydrogen (secondary N) is 2. The predicted octanol–water partition coefficient (Wildman–Crippen LogP) is 3.18. The number of rotatable bonds is 8. The van der Waals surface area contributed by atoms with Crippen LogP contribution in [0.2, 0.25) is 0 Å². The van der Waals surface area contributed by atoms with Gasteiger partial charge in [0.2, 0.25) is 0 Å². The Hall–Kier alpha value is -2.07. The van der Waals surface area contributed by atoms with Gasteiger partial charge in [-0.2, -0.15) is 0 Å². The second kappa shape index (κ2) is 13.4. The van der Waals surface area contributed by atoms with Crippen LogP contribution in [0, 0.1) is 0 Å². The van der Waals surface area contributed by atoms with Crippen LogP contribution in [0.4, 0.5) is 0 Å². The lowest BCUT2D eigenvalue weighted by molar-refractivity contribution is 0.196. The highest BCUT2D eigenvalue weighted by molar-refractivity contribution is 14.0. The van der Waals surface area contributed by atoms with Crippen molar-refractivity contribution < 1.29 is 9.84 Å². The van der Waals surface area contributed by atoms with Crippen LogP contribution in [-0.4, -0.2) is 60.3 Å². The van der Waals surface area contributed by atoms with E-state index in [1.165, 1.54) is 0 Å². The van der Waals surface area contributed by atoms with Gasteiger partial charge in [0.25, 0.3) is 0 Å². The minimum Gasteiger partial charge on any atom is -0.504 e. The number of aromatic nitrogens is 1. The molecule has 0 bridgehead atoms. The number of pyridine rings is 1. The van der Waals surface area contributed by atoms with Gasteiger partial charge in [0.1, 0.15) is 0 Å². The second-order valence-corrected chi connectivity index (χ2v) is 7.49. The molecule has 1 saturated heterocycles. The van der Waals surface area contributed by atoms with Gasteiger partial charge >= 0.3 is 0 Å². The zero-order valence-corrected chi connectivity index (χ0v) is 20.7. The van der Waals surface area contributed by atoms with E-state index in [2.05, 4.69) is 33.5 Å². The number of halogens is 1. The van der Waals surface area contributed by atoms with Gasteiger partial charge in [-0.25, -0.2) is 0 Å². The van der Waals surface area contributed by atoms with Crippen molar-refractivity contribution >= 4 is 29.9 Å². The van der Waals surface area contributed by atoms with Gasteiger partial charge in [0.15, 0.2) is 17.5 Å². The van der Waals surface area contributed by atoms with E-state index in [-0.39, 0.29) is 29.7 Å². The fraction of sp³-hybridized carbons (Fsp3) is 0.478. The third kappa shape index (κ3) is 7.84. The van der Waals surface area contributed by atoms with Gasteiger partial charge in [-0.15, -0.1) is 24.0 Å². The summed E-state index contributed by atoms with van der Waals surface area (Å²) in [5.41, 5.74) is 1.97. The van der Waals surface area contributed by atoms with E-state index in [0.717, 1.165) is 56.2 Å². The summed E-state index contributed by atoms with van der Waals surface area (Å²) in [5, 5.41) is 17.1. The summed E-state index contributed by atoms with van der Waals surface area (Å²) < 4.78 is 5.18. The summed E-state index contributed by atoms with van der Waals surface area (Å²) in [7, 11) is 1.56. The zero-order valence-electron chi connectivity index (χ0n) is 18.4. The highest BCUT2D eigenvalue weighted by atomic mass is 127. The molecule has 0 spiro atoms. The third-order valence-corrected chi connectivity index (χ3v) is 5.34. The average Bonchev–Trinajstić information content (AvgIpc) is 2.77. The van der Waals surface area contributed by atoms with E-state index >= 15 is 0 Å². The molecule has 1 aromatic carbocycles. The number of ether oxygens (including phenoxy) is 1. The molecule has 2 heterocycles. The number of para-hydroxylation sites is 1. The van der Waals surface area contributed by atoms with E-state index < -0.39 is 0 Å². The first-order valence-electron chi connectivity index (χ1n) is 10.7. The summed E-state index contributed by atoms with van der Waals surface area (Å²) >= 11 is 0. The van der Waals surface area contributed by atoms with Crippen LogP contribution in [0.3, 0.4) is 0 Å². The molecule has 2 aromatic rings. The SMILES string of the molecule is CCNC(=NCCc1cccc(OC)c1O)NC1CCN(Cc2ccccn2)CC1.I. The summed E-state index contributed by atoms with van der Waals surface area (Å²) in [6, 6.07) is 12.0. The zero-order chi connectivity index (χ0) is 21.2. The van der Waals surface area contributed by atoms with Crippen LogP contribution in [-0.2, 0) is 13.0 Å². The topological polar surface area (TPSA) is 82.0 Å². The first-order chi connectivity index (χ1) is 14.7. The Bertz CT molecular complexity index is 811. The lowest BCUT2D eigenvalue weighted by atomic mass is 10.0. The number of likely N-dealkylation sites (tertiary alicyclic amines) is 1. The third-order valence-electron chi connectivity index (χ3n) is 5.34. The van der Waals surface area contributed by atoms with E-state index in [1.807, 2.05) is 30.5 Å². The van der Waals surface area contributed by atoms with Crippen LogP contribution in [0.1, 0.15) is 31.0 Å². The Kier molecular flexibility index (Phi) is 10.9. The van der Waals surface area contributed by atoms with Gasteiger partial charge in [-0.1, -0.05) is 18.2 Å². The summed E-state index contributed by atoms with van der Waals surface area (Å²) in [4.78, 5) is 11.6. The minimum absolute atomic E-state index is 0. The minimum atomic E-state index is 0. The summed E-state index contributed by atoms with van der Waals surface area (Å²) in [6.45, 7) is 6.48. The van der Waals surface area contributed by atoms with Crippen LogP contribution in [0.15, 0.2) is 47.6 Å². The summed E-state index contributed by atoms with van der Waals surface area (Å²) in [5.74, 6) is 1.54. The normalized spacial score (nSPS) is 15.2. The maximum Gasteiger partial charge on any atom is 0.191 e. The van der Waals surface area contributed by atoms with Crippen LogP contribution >= 0.6 is 24.0 Å². The van der Waals surface area contributed by atoms with Crippen molar-refractivity contribution in [3.8, 4) is 11.5 Å². The molecule has 0 aliphatic carbocycles. The van der Waals surface area contributed by atoms with Crippen molar-refractivity contribution in [2.45, 2.75) is 38.8 Å². The highest BCUT2D eigenvalue weighted by Gasteiger charge is 2.20. The van der Waals surface area contributed by atoms with Gasteiger partial charge in [0.05, 0.1) is 12.8 Å². The molecule has 8 heteroatoms. The molecule has 7 nitrogen and oxygen atoms in total. The largest absolute Gasteiger partial charge is 0.504 e. The maximum absolute atomic E-state index is 10.2. The Labute approximate surface area is 202 Å². The van der Waals surface area contributed by atoms with Crippen molar-refractivity contribution in [1.29, 1.82) is 0 Å². The number of nitrogens with zero attached hydrogens (tertiary/aromatic N) is 3. The van der Waals surface area contributed by atoms with Crippen molar-refractivity contribution in [1.82, 2.24) is 20.5 Å². The maximum atomic E-state index is 10.2. The molecule has 1 aliphatic rings. The molecule has 0 unspecified atom stereocenters. The molecule has 1 fully saturated rings. The van der Waals surface area contributed by atoms with Gasteiger partial charge in [-0.3, -0.25) is 14.9 Å². The van der Waals surface area contributed by atoms with Gasteiger partial charge in [0, 0.05) is 45.0 Å². The molecule has 1 aliphatic heterocycles. The fourth-order valence-electron chi connectivity index (χ4n) is 3.69. The monoisotopic (exact) mass is 539 g/mol. The Morgan fingerprint density at radius 3 is 2.71 bits per heavy atom. The van der Waals surface area contributed by atoms with E-state index in [9.17, 15) is 5.11 Å². The molecule has 0 radical (unpaired) electrons. The van der Waals surface area contributed by atoms with E-state index in [0.29, 0.717) is 24.8 Å². The van der Waals surface area contributed by atoms with Crippen LogP contribution in [0.25, 0.3) is 0 Å². The Balaban J connectivity index is 0.00000341. The Morgan fingerprint density at radius 1 is 1.23 bits per heavy atom. The number of guanidine groups is 1. The van der Waals surface area contributed by atoms with E-state index in [1.54, 1.807) is 13.2 Å². The van der Waals surface area contributed by atoms with Gasteiger partial charge < -0.3 is 20.5 Å². The number of piperidine rings is 1. The molecule has 0 atom stereocenters. The van der Waals surface area contributed by atoms with E-state index in [4.69, 9.17) is 9.73 Å². The van der Waals surface area contributed by atoms with Crippen molar-refractivity contribution in [3.05, 3.63) is 53.9 Å². The molecule has 1 aromatic heterocycles. The molecule has 31 heavy (non-hydrogen) atoms. The average molecular weight is 539 g/mol. The van der Waals surface area contributed by atoms with Crippen LogP contribution in [0.5, 0.6) is 11.5 Å². The van der Waals surface area contributed by atoms with Crippen molar-refractivity contribution in [3.63, 3.8) is 0 Å². The molecule has 3 rings (SSSR count). The van der Waals surface area contributed by atoms with Gasteiger partial charge in [-0.05, 0) is 49.9 Å². The molecular formula is C23H34IN5O2. The molecule has 0 amide bonds. The quantitative estimate of drug-likeness (QED) is 0.272. The smallest absolute Gasteiger partial charge is 0.191 e. The van der Waals surface area contributed by atoms with Crippen molar-refractivity contribution in [2.75, 3.05) is 33.3 Å². The number of hydrogen-bond acceptors (Lipinski definition) is 5. The number of aliphatic imine (C=N–C) groups is 1. The highest BCUT2D eigenvalue weighted by Crippen LogP contribution is 2.29. The number of hydrogen-bond donors (Lipinski definition) is 3. The number of benzene rings is 1. The first-order valence-corrected chi connectivity index (χ1v) is 10.7. The first kappa shape index (κ1) is 25.2. The number of phenolic OH excluding ortho intramolecular Hbond substituents is 1. The second-order valence-electron chi connectivity index (χ2n) is 7.49. The molecule has 0 saturated carbocycles. The predicted molar refractivity (Wildman–Crippen MR) is 135 cm³/mol. The molecule has 3 N–H and O–H groups in total. The lowest BCUT2D eigenvalue weighted by Crippen LogP contribution is -2.48. The standard InChI is InChI=1S/C23H33N5O2.HI/c1-3-24-23(26-14-10-18-7-6-9-21(30-2)22(18)29)27-19-11-15-28(16-12-19)17-20-8-4-5-13-25-20;/h4-9,13,19,29H,3,10-12,14-17H2,1-2H3,(H2,24,26,27);1H. The fourth-order valence-corrected chi connectivity index (χ4v) is 3.69. The summed E-state index contributed by atoms with van der Waals surface area (Å²) in [6.07, 6.45) is 4.66. The number of methoxy groups -OCH3 is 1. The molecular weight excluding hydrogens is 505 g/mol. The molecule has 170 valence electrons. The Morgan fingerprint density at radius 2 is 2.03 bits per heavy atom. The van der Waals surface area contributed by atoms with Crippen molar-refractivity contribution in [2.24, 2.45) is 4.99 Å². The number of aromatic hydroxyl groups is 1.